The summed E-state index contributed by atoms with van der Waals surface area (Å²) in [7, 11) is 1.36. The molecule has 0 amide bonds. The molecule has 2 rings (SSSR count). The Morgan fingerprint density at radius 3 is 2.38 bits per heavy atom. The van der Waals surface area contributed by atoms with E-state index in [1.165, 1.54) is 13.3 Å². The third-order valence-electron chi connectivity index (χ3n) is 4.49. The maximum absolute atomic E-state index is 14.4. The number of pyridine rings is 1. The smallest absolute Gasteiger partial charge is 0.337 e. The van der Waals surface area contributed by atoms with E-state index in [0.717, 1.165) is 16.8 Å². The largest absolute Gasteiger partial charge is 0.465 e. The van der Waals surface area contributed by atoms with Crippen LogP contribution in [0.3, 0.4) is 0 Å². The molecule has 0 radical (unpaired) electrons. The normalized spacial score (nSPS) is 11.5. The number of carbonyl (C=O) groups excluding carboxylic acids is 1. The van der Waals surface area contributed by atoms with Gasteiger partial charge in [0.2, 0.25) is 0 Å². The van der Waals surface area contributed by atoms with Crippen molar-refractivity contribution in [1.29, 1.82) is 0 Å². The number of methoxy groups -OCH3 is 1. The molecular weight excluding hydrogens is 331 g/mol. The van der Waals surface area contributed by atoms with Crippen LogP contribution in [0.1, 0.15) is 49.3 Å². The van der Waals surface area contributed by atoms with Crippen LogP contribution in [-0.4, -0.2) is 35.0 Å². The first kappa shape index (κ1) is 20.0. The topological polar surface area (TPSA) is 42.4 Å². The van der Waals surface area contributed by atoms with Crippen molar-refractivity contribution in [3.05, 3.63) is 53.1 Å². The van der Waals surface area contributed by atoms with Crippen LogP contribution in [0.15, 0.2) is 30.5 Å². The van der Waals surface area contributed by atoms with Crippen LogP contribution in [0.25, 0.3) is 11.1 Å². The average Bonchev–Trinajstić information content (AvgIpc) is 2.60. The van der Waals surface area contributed by atoms with Gasteiger partial charge in [-0.2, -0.15) is 0 Å². The number of rotatable bonds is 6. The van der Waals surface area contributed by atoms with Crippen molar-refractivity contribution in [1.82, 2.24) is 9.88 Å². The molecule has 1 aromatic carbocycles. The second kappa shape index (κ2) is 8.41. The molecule has 4 nitrogen and oxygen atoms in total. The molecule has 1 heterocycles. The summed E-state index contributed by atoms with van der Waals surface area (Å²) < 4.78 is 19.3. The standard InChI is InChI=1S/C21H27FN2O2/c1-13(2)24(14(3)4)12-17-10-16(21(25)26-6)7-8-18(17)19-9-15(5)23-11-20(19)22/h7-11,13-14H,12H2,1-6H3. The Kier molecular flexibility index (Phi) is 6.48. The highest BCUT2D eigenvalue weighted by Gasteiger charge is 2.19. The summed E-state index contributed by atoms with van der Waals surface area (Å²) in [6.07, 6.45) is 1.24. The maximum Gasteiger partial charge on any atom is 0.337 e. The van der Waals surface area contributed by atoms with E-state index < -0.39 is 5.97 Å². The highest BCUT2D eigenvalue weighted by atomic mass is 19.1. The second-order valence-electron chi connectivity index (χ2n) is 7.03. The molecule has 0 atom stereocenters. The number of esters is 1. The van der Waals surface area contributed by atoms with Crippen molar-refractivity contribution in [2.45, 2.75) is 53.2 Å². The molecule has 0 aliphatic rings. The van der Waals surface area contributed by atoms with Gasteiger partial charge in [0.15, 0.2) is 0 Å². The Morgan fingerprint density at radius 1 is 1.15 bits per heavy atom. The van der Waals surface area contributed by atoms with Gasteiger partial charge in [0, 0.05) is 29.9 Å². The summed E-state index contributed by atoms with van der Waals surface area (Å²) >= 11 is 0. The van der Waals surface area contributed by atoms with Crippen molar-refractivity contribution < 1.29 is 13.9 Å². The molecule has 0 aliphatic carbocycles. The predicted octanol–water partition coefficient (Wildman–Crippen LogP) is 4.60. The van der Waals surface area contributed by atoms with E-state index in [1.807, 2.05) is 6.92 Å². The second-order valence-corrected chi connectivity index (χ2v) is 7.03. The first-order valence-electron chi connectivity index (χ1n) is 8.84. The fourth-order valence-electron chi connectivity index (χ4n) is 3.14. The number of hydrogen-bond donors (Lipinski definition) is 0. The highest BCUT2D eigenvalue weighted by Crippen LogP contribution is 2.29. The van der Waals surface area contributed by atoms with E-state index in [9.17, 15) is 9.18 Å². The monoisotopic (exact) mass is 358 g/mol. The van der Waals surface area contributed by atoms with Gasteiger partial charge in [-0.05, 0) is 63.9 Å². The first-order chi connectivity index (χ1) is 12.2. The minimum absolute atomic E-state index is 0.314. The third-order valence-corrected chi connectivity index (χ3v) is 4.49. The van der Waals surface area contributed by atoms with Gasteiger partial charge in [0.05, 0.1) is 18.9 Å². The summed E-state index contributed by atoms with van der Waals surface area (Å²) in [6.45, 7) is 10.9. The Balaban J connectivity index is 2.60. The zero-order valence-corrected chi connectivity index (χ0v) is 16.3. The lowest BCUT2D eigenvalue weighted by Gasteiger charge is -2.31. The maximum atomic E-state index is 14.4. The van der Waals surface area contributed by atoms with Crippen molar-refractivity contribution in [2.75, 3.05) is 7.11 Å². The van der Waals surface area contributed by atoms with Crippen LogP contribution in [-0.2, 0) is 11.3 Å². The third kappa shape index (κ3) is 4.47. The fraction of sp³-hybridized carbons (Fsp3) is 0.429. The van der Waals surface area contributed by atoms with Crippen LogP contribution in [0.2, 0.25) is 0 Å². The Bertz CT molecular complexity index is 780. The lowest BCUT2D eigenvalue weighted by Crippen LogP contribution is -2.36. The number of carbonyl (C=O) groups is 1. The summed E-state index contributed by atoms with van der Waals surface area (Å²) in [4.78, 5) is 18.3. The van der Waals surface area contributed by atoms with Crippen LogP contribution in [0, 0.1) is 12.7 Å². The van der Waals surface area contributed by atoms with Gasteiger partial charge in [-0.25, -0.2) is 9.18 Å². The summed E-state index contributed by atoms with van der Waals surface area (Å²) in [5.41, 5.74) is 3.36. The first-order valence-corrected chi connectivity index (χ1v) is 8.84. The molecule has 0 fully saturated rings. The highest BCUT2D eigenvalue weighted by molar-refractivity contribution is 5.90. The van der Waals surface area contributed by atoms with Gasteiger partial charge in [-0.1, -0.05) is 6.07 Å². The zero-order chi connectivity index (χ0) is 19.4. The Morgan fingerprint density at radius 2 is 1.81 bits per heavy atom. The minimum Gasteiger partial charge on any atom is -0.465 e. The van der Waals surface area contributed by atoms with Crippen molar-refractivity contribution >= 4 is 5.97 Å². The predicted molar refractivity (Wildman–Crippen MR) is 102 cm³/mol. The van der Waals surface area contributed by atoms with Crippen molar-refractivity contribution in [2.24, 2.45) is 0 Å². The van der Waals surface area contributed by atoms with Gasteiger partial charge in [-0.3, -0.25) is 9.88 Å². The van der Waals surface area contributed by atoms with Crippen LogP contribution >= 0.6 is 0 Å². The SMILES string of the molecule is COC(=O)c1ccc(-c2cc(C)ncc2F)c(CN(C(C)C)C(C)C)c1. The molecule has 5 heteroatoms. The average molecular weight is 358 g/mol. The molecule has 0 saturated carbocycles. The van der Waals surface area contributed by atoms with E-state index in [2.05, 4.69) is 37.6 Å². The number of nitrogens with zero attached hydrogens (tertiary/aromatic N) is 2. The molecular formula is C21H27FN2O2. The summed E-state index contributed by atoms with van der Waals surface area (Å²) in [6, 6.07) is 7.63. The molecule has 26 heavy (non-hydrogen) atoms. The molecule has 140 valence electrons. The van der Waals surface area contributed by atoms with Gasteiger partial charge < -0.3 is 4.74 Å². The number of aromatic nitrogens is 1. The number of hydrogen-bond acceptors (Lipinski definition) is 4. The summed E-state index contributed by atoms with van der Waals surface area (Å²) in [5, 5.41) is 0. The van der Waals surface area contributed by atoms with E-state index in [0.29, 0.717) is 29.8 Å². The molecule has 2 aromatic rings. The van der Waals surface area contributed by atoms with E-state index >= 15 is 0 Å². The molecule has 0 aliphatic heterocycles. The molecule has 1 aromatic heterocycles. The Labute approximate surface area is 155 Å². The van der Waals surface area contributed by atoms with E-state index in [-0.39, 0.29) is 5.82 Å². The van der Waals surface area contributed by atoms with Gasteiger partial charge in [0.1, 0.15) is 5.82 Å². The van der Waals surface area contributed by atoms with E-state index in [1.54, 1.807) is 24.3 Å². The molecule has 0 unspecified atom stereocenters. The quantitative estimate of drug-likeness (QED) is 0.708. The van der Waals surface area contributed by atoms with Crippen LogP contribution < -0.4 is 0 Å². The van der Waals surface area contributed by atoms with Crippen LogP contribution in [0.5, 0.6) is 0 Å². The zero-order valence-electron chi connectivity index (χ0n) is 16.3. The lowest BCUT2D eigenvalue weighted by atomic mass is 9.96. The summed E-state index contributed by atoms with van der Waals surface area (Å²) in [5.74, 6) is -0.770. The number of aryl methyl sites for hydroxylation is 1. The fourth-order valence-corrected chi connectivity index (χ4v) is 3.14. The number of halogens is 1. The van der Waals surface area contributed by atoms with Crippen LogP contribution in [0.4, 0.5) is 4.39 Å². The van der Waals surface area contributed by atoms with Gasteiger partial charge >= 0.3 is 5.97 Å². The van der Waals surface area contributed by atoms with E-state index in [4.69, 9.17) is 4.74 Å². The van der Waals surface area contributed by atoms with Gasteiger partial charge in [-0.15, -0.1) is 0 Å². The van der Waals surface area contributed by atoms with Crippen molar-refractivity contribution in [3.63, 3.8) is 0 Å². The van der Waals surface area contributed by atoms with Gasteiger partial charge in [0.25, 0.3) is 0 Å². The molecule has 0 bridgehead atoms. The number of ether oxygens (including phenoxy) is 1. The molecule has 0 spiro atoms. The number of benzene rings is 1. The molecule has 0 N–H and O–H groups in total. The Hall–Kier alpha value is -2.27. The molecule has 0 saturated heterocycles. The van der Waals surface area contributed by atoms with Crippen molar-refractivity contribution in [3.8, 4) is 11.1 Å². The minimum atomic E-state index is -0.398. The lowest BCUT2D eigenvalue weighted by molar-refractivity contribution is 0.0600.